The summed E-state index contributed by atoms with van der Waals surface area (Å²) in [5.74, 6) is -0.988. The van der Waals surface area contributed by atoms with Crippen LogP contribution in [0.3, 0.4) is 0 Å². The van der Waals surface area contributed by atoms with Gasteiger partial charge >= 0.3 is 0 Å². The van der Waals surface area contributed by atoms with Crippen LogP contribution in [-0.4, -0.2) is 38.7 Å². The van der Waals surface area contributed by atoms with Crippen LogP contribution in [0.5, 0.6) is 0 Å². The number of hydrogen-bond donors (Lipinski definition) is 2. The van der Waals surface area contributed by atoms with Gasteiger partial charge in [0.1, 0.15) is 0 Å². The molecule has 0 bridgehead atoms. The van der Waals surface area contributed by atoms with Crippen molar-refractivity contribution >= 4 is 29.2 Å². The summed E-state index contributed by atoms with van der Waals surface area (Å²) in [5, 5.41) is 9.27. The predicted octanol–water partition coefficient (Wildman–Crippen LogP) is 3.23. The van der Waals surface area contributed by atoms with Gasteiger partial charge in [0.2, 0.25) is 0 Å². The molecule has 0 spiro atoms. The zero-order valence-corrected chi connectivity index (χ0v) is 17.7. The number of fused-ring (bicyclic) bond motifs is 1. The van der Waals surface area contributed by atoms with Crippen molar-refractivity contribution in [2.24, 2.45) is 0 Å². The van der Waals surface area contributed by atoms with Crippen LogP contribution < -0.4 is 5.48 Å². The number of carbonyl (C=O) groups excluding carboxylic acids is 3. The van der Waals surface area contributed by atoms with Crippen LogP contribution in [0.25, 0.3) is 0 Å². The molecule has 2 N–H and O–H groups in total. The zero-order valence-electron chi connectivity index (χ0n) is 17.0. The van der Waals surface area contributed by atoms with Crippen molar-refractivity contribution in [3.8, 4) is 0 Å². The van der Waals surface area contributed by atoms with Gasteiger partial charge in [0.05, 0.1) is 6.04 Å². The van der Waals surface area contributed by atoms with Gasteiger partial charge in [0, 0.05) is 47.4 Å². The second kappa shape index (κ2) is 9.30. The molecule has 0 saturated heterocycles. The van der Waals surface area contributed by atoms with Gasteiger partial charge in [-0.05, 0) is 53.6 Å². The van der Waals surface area contributed by atoms with Crippen molar-refractivity contribution in [2.75, 3.05) is 0 Å². The smallest absolute Gasteiger partial charge is 0.274 e. The number of Topliss-reactive ketones (excluding diaryl/α,β-unsaturated/α-hetero) is 1. The fourth-order valence-electron chi connectivity index (χ4n) is 3.84. The molecule has 0 radical (unpaired) electrons. The number of hydroxylamine groups is 1. The minimum atomic E-state index is -0.705. The van der Waals surface area contributed by atoms with Crippen molar-refractivity contribution in [3.05, 3.63) is 99.8 Å². The van der Waals surface area contributed by atoms with Crippen LogP contribution in [-0.2, 0) is 24.2 Å². The molecule has 1 atom stereocenters. The van der Waals surface area contributed by atoms with Gasteiger partial charge in [-0.3, -0.25) is 24.6 Å². The Bertz CT molecular complexity index is 1170. The van der Waals surface area contributed by atoms with Crippen LogP contribution in [0.1, 0.15) is 37.5 Å². The Morgan fingerprint density at radius 2 is 1.91 bits per heavy atom. The Balaban J connectivity index is 1.71. The van der Waals surface area contributed by atoms with Gasteiger partial charge in [0.25, 0.3) is 11.8 Å². The minimum Gasteiger partial charge on any atom is -0.324 e. The lowest BCUT2D eigenvalue weighted by molar-refractivity contribution is -0.122. The van der Waals surface area contributed by atoms with Crippen LogP contribution in [0, 0.1) is 0 Å². The normalized spacial score (nSPS) is 15.8. The summed E-state index contributed by atoms with van der Waals surface area (Å²) in [4.78, 5) is 44.3. The molecule has 0 aliphatic carbocycles. The highest BCUT2D eigenvalue weighted by molar-refractivity contribution is 6.30. The highest BCUT2D eigenvalue weighted by atomic mass is 35.5. The number of nitrogens with zero attached hydrogens (tertiary/aromatic N) is 2. The van der Waals surface area contributed by atoms with E-state index in [9.17, 15) is 14.4 Å². The molecule has 2 amide bonds. The molecule has 0 unspecified atom stereocenters. The Labute approximate surface area is 189 Å². The SMILES string of the molecule is O=C(NO)c1ccc(CN2C(=O)c3ccc(Cl)cc3CC(=O)[C@H]2Cc2ccccn2)cc1. The molecule has 0 saturated carbocycles. The van der Waals surface area contributed by atoms with E-state index in [1.165, 1.54) is 0 Å². The van der Waals surface area contributed by atoms with Crippen molar-refractivity contribution < 1.29 is 19.6 Å². The number of pyridine rings is 1. The Morgan fingerprint density at radius 1 is 1.12 bits per heavy atom. The maximum Gasteiger partial charge on any atom is 0.274 e. The molecule has 8 heteroatoms. The topological polar surface area (TPSA) is 99.6 Å². The molecule has 1 aliphatic rings. The van der Waals surface area contributed by atoms with Gasteiger partial charge in [0.15, 0.2) is 5.78 Å². The Hall–Kier alpha value is -3.55. The number of rotatable bonds is 5. The van der Waals surface area contributed by atoms with Gasteiger partial charge in [-0.25, -0.2) is 5.48 Å². The zero-order chi connectivity index (χ0) is 22.7. The summed E-state index contributed by atoms with van der Waals surface area (Å²) in [6, 6.07) is 16.2. The number of amides is 2. The lowest BCUT2D eigenvalue weighted by Crippen LogP contribution is -2.44. The average Bonchev–Trinajstić information content (AvgIpc) is 2.89. The monoisotopic (exact) mass is 449 g/mol. The molecule has 4 rings (SSSR count). The average molecular weight is 450 g/mol. The highest BCUT2D eigenvalue weighted by Crippen LogP contribution is 2.26. The summed E-state index contributed by atoms with van der Waals surface area (Å²) in [6.45, 7) is 0.172. The predicted molar refractivity (Wildman–Crippen MR) is 117 cm³/mol. The van der Waals surface area contributed by atoms with E-state index in [0.717, 1.165) is 5.56 Å². The second-order valence-corrected chi connectivity index (χ2v) is 7.99. The molecule has 7 nitrogen and oxygen atoms in total. The lowest BCUT2D eigenvalue weighted by atomic mass is 9.99. The first-order valence-corrected chi connectivity index (χ1v) is 10.4. The van der Waals surface area contributed by atoms with Gasteiger partial charge in [-0.1, -0.05) is 29.8 Å². The largest absolute Gasteiger partial charge is 0.324 e. The van der Waals surface area contributed by atoms with Crippen molar-refractivity contribution in [1.29, 1.82) is 0 Å². The van der Waals surface area contributed by atoms with E-state index in [0.29, 0.717) is 21.8 Å². The molecule has 2 aromatic carbocycles. The molecule has 1 aromatic heterocycles. The first kappa shape index (κ1) is 21.7. The van der Waals surface area contributed by atoms with Crippen LogP contribution in [0.2, 0.25) is 5.02 Å². The molecule has 1 aliphatic heterocycles. The summed E-state index contributed by atoms with van der Waals surface area (Å²) in [6.07, 6.45) is 2.05. The minimum absolute atomic E-state index is 0.0960. The Morgan fingerprint density at radius 3 is 2.59 bits per heavy atom. The third kappa shape index (κ3) is 4.54. The van der Waals surface area contributed by atoms with Crippen LogP contribution >= 0.6 is 11.6 Å². The third-order valence-electron chi connectivity index (χ3n) is 5.47. The summed E-state index contributed by atoms with van der Waals surface area (Å²) >= 11 is 6.11. The Kier molecular flexibility index (Phi) is 6.30. The molecule has 0 fully saturated rings. The maximum absolute atomic E-state index is 13.5. The van der Waals surface area contributed by atoms with E-state index in [2.05, 4.69) is 4.98 Å². The number of benzene rings is 2. The molecule has 2 heterocycles. The van der Waals surface area contributed by atoms with Crippen molar-refractivity contribution in [3.63, 3.8) is 0 Å². The number of carbonyl (C=O) groups is 3. The van der Waals surface area contributed by atoms with E-state index in [-0.39, 0.29) is 36.6 Å². The van der Waals surface area contributed by atoms with Crippen molar-refractivity contribution in [1.82, 2.24) is 15.4 Å². The van der Waals surface area contributed by atoms with Crippen LogP contribution in [0.15, 0.2) is 66.9 Å². The summed E-state index contributed by atoms with van der Waals surface area (Å²) in [7, 11) is 0. The van der Waals surface area contributed by atoms with Gasteiger partial charge < -0.3 is 4.90 Å². The quantitative estimate of drug-likeness (QED) is 0.460. The third-order valence-corrected chi connectivity index (χ3v) is 5.71. The number of halogens is 1. The van der Waals surface area contributed by atoms with E-state index in [4.69, 9.17) is 16.8 Å². The first-order chi connectivity index (χ1) is 15.5. The fraction of sp³-hybridized carbons (Fsp3) is 0.167. The van der Waals surface area contributed by atoms with Crippen molar-refractivity contribution in [2.45, 2.75) is 25.4 Å². The molecular formula is C24H20ClN3O4. The van der Waals surface area contributed by atoms with E-state index < -0.39 is 11.9 Å². The number of hydrogen-bond acceptors (Lipinski definition) is 5. The molecule has 162 valence electrons. The molecule has 3 aromatic rings. The lowest BCUT2D eigenvalue weighted by Gasteiger charge is -2.29. The molecule has 32 heavy (non-hydrogen) atoms. The highest BCUT2D eigenvalue weighted by Gasteiger charge is 2.35. The fourth-order valence-corrected chi connectivity index (χ4v) is 4.03. The second-order valence-electron chi connectivity index (χ2n) is 7.56. The summed E-state index contributed by atoms with van der Waals surface area (Å²) < 4.78 is 0. The molecular weight excluding hydrogens is 430 g/mol. The number of aromatic nitrogens is 1. The number of ketones is 1. The maximum atomic E-state index is 13.5. The number of nitrogens with one attached hydrogen (secondary N) is 1. The van der Waals surface area contributed by atoms with E-state index >= 15 is 0 Å². The van der Waals surface area contributed by atoms with E-state index in [1.54, 1.807) is 65.1 Å². The van der Waals surface area contributed by atoms with Crippen LogP contribution in [0.4, 0.5) is 0 Å². The van der Waals surface area contributed by atoms with Gasteiger partial charge in [-0.15, -0.1) is 0 Å². The summed E-state index contributed by atoms with van der Waals surface area (Å²) in [5.41, 5.74) is 4.37. The van der Waals surface area contributed by atoms with Gasteiger partial charge in [-0.2, -0.15) is 0 Å². The van der Waals surface area contributed by atoms with E-state index in [1.807, 2.05) is 12.1 Å². The first-order valence-electron chi connectivity index (χ1n) is 10.0. The standard InChI is InChI=1S/C24H20ClN3O4/c25-18-8-9-20-17(11-18)12-22(29)21(13-19-3-1-2-10-26-19)28(24(20)31)14-15-4-6-16(7-5-15)23(30)27-32/h1-11,21,32H,12-14H2,(H,27,30)/t21-/m1/s1.